The number of hydrogen-bond donors (Lipinski definition) is 1. The first-order valence-corrected chi connectivity index (χ1v) is 6.17. The number of benzene rings is 1. The predicted octanol–water partition coefficient (Wildman–Crippen LogP) is 4.17. The van der Waals surface area contributed by atoms with Crippen molar-refractivity contribution in [1.82, 2.24) is 0 Å². The van der Waals surface area contributed by atoms with Gasteiger partial charge in [-0.3, -0.25) is 0 Å². The molecule has 0 heterocycles. The van der Waals surface area contributed by atoms with Crippen molar-refractivity contribution in [2.45, 2.75) is 52.4 Å². The first-order valence-electron chi connectivity index (χ1n) is 6.17. The molecule has 0 amide bonds. The van der Waals surface area contributed by atoms with Crippen LogP contribution in [0.2, 0.25) is 0 Å². The monoisotopic (exact) mass is 218 g/mol. The largest absolute Gasteiger partial charge is 0.508 e. The highest BCUT2D eigenvalue weighted by Gasteiger charge is 2.46. The number of rotatable bonds is 1. The maximum Gasteiger partial charge on any atom is 0.118 e. The fraction of sp³-hybridized carbons (Fsp3) is 0.600. The van der Waals surface area contributed by atoms with E-state index in [2.05, 4.69) is 32.9 Å². The summed E-state index contributed by atoms with van der Waals surface area (Å²) in [6.07, 6.45) is 3.86. The van der Waals surface area contributed by atoms with Gasteiger partial charge in [0.1, 0.15) is 5.75 Å². The summed E-state index contributed by atoms with van der Waals surface area (Å²) >= 11 is 0. The summed E-state index contributed by atoms with van der Waals surface area (Å²) in [5.74, 6) is 0.406. The van der Waals surface area contributed by atoms with E-state index in [1.807, 2.05) is 13.0 Å². The van der Waals surface area contributed by atoms with Gasteiger partial charge < -0.3 is 5.11 Å². The average Bonchev–Trinajstić information content (AvgIpc) is 2.47. The summed E-state index contributed by atoms with van der Waals surface area (Å²) in [6.45, 7) is 9.07. The third-order valence-electron chi connectivity index (χ3n) is 4.81. The van der Waals surface area contributed by atoms with Gasteiger partial charge in [-0.2, -0.15) is 0 Å². The Morgan fingerprint density at radius 1 is 1.12 bits per heavy atom. The van der Waals surface area contributed by atoms with Gasteiger partial charge in [0.15, 0.2) is 0 Å². The maximum atomic E-state index is 9.60. The van der Waals surface area contributed by atoms with E-state index in [0.29, 0.717) is 11.2 Å². The second-order valence-corrected chi connectivity index (χ2v) is 6.07. The molecule has 1 nitrogen and oxygen atoms in total. The number of hydrogen-bond acceptors (Lipinski definition) is 1. The normalized spacial score (nSPS) is 28.2. The Morgan fingerprint density at radius 2 is 1.81 bits per heavy atom. The molecule has 1 fully saturated rings. The van der Waals surface area contributed by atoms with Crippen molar-refractivity contribution >= 4 is 0 Å². The van der Waals surface area contributed by atoms with Gasteiger partial charge in [-0.05, 0) is 47.8 Å². The molecule has 88 valence electrons. The lowest BCUT2D eigenvalue weighted by Gasteiger charge is -2.39. The molecule has 1 aromatic carbocycles. The smallest absolute Gasteiger partial charge is 0.118 e. The molecule has 0 aliphatic heterocycles. The van der Waals surface area contributed by atoms with Crippen molar-refractivity contribution in [3.63, 3.8) is 0 Å². The van der Waals surface area contributed by atoms with E-state index in [1.54, 1.807) is 0 Å². The Labute approximate surface area is 98.5 Å². The molecule has 1 aliphatic carbocycles. The molecule has 0 spiro atoms. The van der Waals surface area contributed by atoms with Crippen LogP contribution in [0.25, 0.3) is 0 Å². The molecule has 1 saturated carbocycles. The highest BCUT2D eigenvalue weighted by atomic mass is 16.3. The number of aromatic hydroxyl groups is 1. The van der Waals surface area contributed by atoms with Crippen LogP contribution in [0.5, 0.6) is 5.75 Å². The first kappa shape index (κ1) is 11.5. The Bertz CT molecular complexity index is 406. The summed E-state index contributed by atoms with van der Waals surface area (Å²) in [7, 11) is 0. The molecular formula is C15H22O. The van der Waals surface area contributed by atoms with Gasteiger partial charge in [0.2, 0.25) is 0 Å². The fourth-order valence-corrected chi connectivity index (χ4v) is 3.03. The number of aryl methyl sites for hydroxylation is 1. The zero-order chi connectivity index (χ0) is 12.0. The summed E-state index contributed by atoms with van der Waals surface area (Å²) < 4.78 is 0. The maximum absolute atomic E-state index is 9.60. The number of phenolic OH excluding ortho intramolecular Hbond substituents is 1. The van der Waals surface area contributed by atoms with E-state index in [-0.39, 0.29) is 5.41 Å². The lowest BCUT2D eigenvalue weighted by Crippen LogP contribution is -2.33. The topological polar surface area (TPSA) is 20.2 Å². The van der Waals surface area contributed by atoms with Crippen LogP contribution in [-0.4, -0.2) is 5.11 Å². The molecule has 0 bridgehead atoms. The molecule has 16 heavy (non-hydrogen) atoms. The van der Waals surface area contributed by atoms with E-state index in [9.17, 15) is 5.11 Å². The Hall–Kier alpha value is -0.980. The SMILES string of the molecule is Cc1cc([C@@]2(C)CCCC2(C)C)ccc1O. The molecule has 0 aromatic heterocycles. The van der Waals surface area contributed by atoms with Gasteiger partial charge >= 0.3 is 0 Å². The van der Waals surface area contributed by atoms with Crippen LogP contribution in [0.3, 0.4) is 0 Å². The van der Waals surface area contributed by atoms with E-state index < -0.39 is 0 Å². The van der Waals surface area contributed by atoms with Gasteiger partial charge in [-0.15, -0.1) is 0 Å². The minimum atomic E-state index is 0.255. The molecule has 1 atom stereocenters. The third kappa shape index (κ3) is 1.53. The molecular weight excluding hydrogens is 196 g/mol. The third-order valence-corrected chi connectivity index (χ3v) is 4.81. The molecule has 0 unspecified atom stereocenters. The highest BCUT2D eigenvalue weighted by molar-refractivity contribution is 5.39. The second-order valence-electron chi connectivity index (χ2n) is 6.07. The molecule has 1 N–H and O–H groups in total. The quantitative estimate of drug-likeness (QED) is 0.750. The van der Waals surface area contributed by atoms with Crippen molar-refractivity contribution in [2.24, 2.45) is 5.41 Å². The molecule has 1 heteroatoms. The minimum Gasteiger partial charge on any atom is -0.508 e. The molecule has 2 rings (SSSR count). The second kappa shape index (κ2) is 3.51. The summed E-state index contributed by atoms with van der Waals surface area (Å²) in [5.41, 5.74) is 2.98. The van der Waals surface area contributed by atoms with E-state index in [1.165, 1.54) is 24.8 Å². The predicted molar refractivity (Wildman–Crippen MR) is 67.8 cm³/mol. The Kier molecular flexibility index (Phi) is 2.52. The molecule has 0 saturated heterocycles. The first-order chi connectivity index (χ1) is 7.37. The van der Waals surface area contributed by atoms with Crippen LogP contribution in [0.15, 0.2) is 18.2 Å². The average molecular weight is 218 g/mol. The summed E-state index contributed by atoms with van der Waals surface area (Å²) in [6, 6.07) is 6.09. The van der Waals surface area contributed by atoms with Crippen LogP contribution in [0, 0.1) is 12.3 Å². The van der Waals surface area contributed by atoms with Crippen molar-refractivity contribution in [3.8, 4) is 5.75 Å². The van der Waals surface area contributed by atoms with Gasteiger partial charge in [0.25, 0.3) is 0 Å². The molecule has 1 aliphatic rings. The minimum absolute atomic E-state index is 0.255. The van der Waals surface area contributed by atoms with E-state index in [4.69, 9.17) is 0 Å². The van der Waals surface area contributed by atoms with Crippen molar-refractivity contribution < 1.29 is 5.11 Å². The van der Waals surface area contributed by atoms with Crippen LogP contribution in [0.1, 0.15) is 51.2 Å². The van der Waals surface area contributed by atoms with Gasteiger partial charge in [0, 0.05) is 0 Å². The van der Waals surface area contributed by atoms with Crippen LogP contribution in [-0.2, 0) is 5.41 Å². The van der Waals surface area contributed by atoms with Gasteiger partial charge in [-0.25, -0.2) is 0 Å². The molecule has 0 radical (unpaired) electrons. The standard InChI is InChI=1S/C15H22O/c1-11-10-12(6-7-13(11)16)15(4)9-5-8-14(15,2)3/h6-7,10,16H,5,8-9H2,1-4H3/t15-/m1/s1. The Balaban J connectivity index is 2.47. The molecule has 1 aromatic rings. The van der Waals surface area contributed by atoms with Crippen LogP contribution in [0.4, 0.5) is 0 Å². The summed E-state index contributed by atoms with van der Waals surface area (Å²) in [5, 5.41) is 9.60. The van der Waals surface area contributed by atoms with Crippen LogP contribution >= 0.6 is 0 Å². The highest BCUT2D eigenvalue weighted by Crippen LogP contribution is 2.53. The lowest BCUT2D eigenvalue weighted by atomic mass is 9.65. The zero-order valence-corrected chi connectivity index (χ0v) is 10.8. The van der Waals surface area contributed by atoms with Crippen LogP contribution < -0.4 is 0 Å². The summed E-state index contributed by atoms with van der Waals surface area (Å²) in [4.78, 5) is 0. The Morgan fingerprint density at radius 3 is 2.31 bits per heavy atom. The zero-order valence-electron chi connectivity index (χ0n) is 10.8. The van der Waals surface area contributed by atoms with Crippen molar-refractivity contribution in [3.05, 3.63) is 29.3 Å². The van der Waals surface area contributed by atoms with E-state index in [0.717, 1.165) is 5.56 Å². The van der Waals surface area contributed by atoms with Gasteiger partial charge in [-0.1, -0.05) is 39.3 Å². The lowest BCUT2D eigenvalue weighted by molar-refractivity contribution is 0.224. The van der Waals surface area contributed by atoms with Crippen molar-refractivity contribution in [2.75, 3.05) is 0 Å². The number of phenols is 1. The van der Waals surface area contributed by atoms with Crippen molar-refractivity contribution in [1.29, 1.82) is 0 Å². The van der Waals surface area contributed by atoms with Gasteiger partial charge in [0.05, 0.1) is 0 Å². The fourth-order valence-electron chi connectivity index (χ4n) is 3.03. The van der Waals surface area contributed by atoms with E-state index >= 15 is 0 Å².